The summed E-state index contributed by atoms with van der Waals surface area (Å²) in [6, 6.07) is 4.80. The summed E-state index contributed by atoms with van der Waals surface area (Å²) in [6.07, 6.45) is 4.82. The Hall–Kier alpha value is -4.19. The van der Waals surface area contributed by atoms with Gasteiger partial charge in [0.2, 0.25) is 12.1 Å². The van der Waals surface area contributed by atoms with E-state index in [-0.39, 0.29) is 27.4 Å². The van der Waals surface area contributed by atoms with Gasteiger partial charge in [-0.25, -0.2) is 14.6 Å². The number of rotatable bonds is 13. The monoisotopic (exact) mass is 663 g/mol. The predicted octanol–water partition coefficient (Wildman–Crippen LogP) is 0.475. The molecule has 2 unspecified atom stereocenters. The quantitative estimate of drug-likeness (QED) is 0.0559. The highest BCUT2D eigenvalue weighted by molar-refractivity contribution is 8.00. The third-order valence-corrected chi connectivity index (χ3v) is 9.35. The average Bonchev–Trinajstić information content (AvgIpc) is 3.55. The molecule has 2 atom stereocenters. The third-order valence-electron chi connectivity index (χ3n) is 6.92. The van der Waals surface area contributed by atoms with Crippen LogP contribution in [0.3, 0.4) is 0 Å². The van der Waals surface area contributed by atoms with Crippen LogP contribution in [0.4, 0.5) is 5.13 Å². The second kappa shape index (κ2) is 13.2. The number of carbonyl (C=O) groups is 4. The molecule has 1 saturated heterocycles. The molecule has 0 saturated carbocycles. The summed E-state index contributed by atoms with van der Waals surface area (Å²) in [6.45, 7) is 1.11. The molecule has 0 bridgehead atoms. The molecule has 5 heterocycles. The summed E-state index contributed by atoms with van der Waals surface area (Å²) >= 11 is 8.32. The lowest BCUT2D eigenvalue weighted by molar-refractivity contribution is -0.663. The van der Waals surface area contributed by atoms with E-state index in [0.717, 1.165) is 41.9 Å². The van der Waals surface area contributed by atoms with Crippen molar-refractivity contribution >= 4 is 80.3 Å². The van der Waals surface area contributed by atoms with Gasteiger partial charge >= 0.3 is 11.9 Å². The third kappa shape index (κ3) is 6.21. The minimum Gasteiger partial charge on any atom is -0.479 e. The molecule has 2 aliphatic rings. The maximum absolute atomic E-state index is 13.3. The van der Waals surface area contributed by atoms with Crippen LogP contribution in [-0.4, -0.2) is 91.5 Å². The molecule has 3 aromatic heterocycles. The molecule has 18 heteroatoms. The molecule has 2 aliphatic heterocycles. The van der Waals surface area contributed by atoms with Crippen molar-refractivity contribution < 1.29 is 38.8 Å². The van der Waals surface area contributed by atoms with Crippen LogP contribution in [0.5, 0.6) is 0 Å². The molecular formula is C26H28ClN8O7S2+. The van der Waals surface area contributed by atoms with Crippen molar-refractivity contribution in [2.24, 2.45) is 5.16 Å². The first-order valence-electron chi connectivity index (χ1n) is 13.3. The zero-order chi connectivity index (χ0) is 31.5. The number of aryl methyl sites for hydroxylation is 1. The van der Waals surface area contributed by atoms with Gasteiger partial charge in [-0.15, -0.1) is 11.8 Å². The number of anilines is 1. The number of carbonyl (C=O) groups excluding carboxylic acids is 2. The van der Waals surface area contributed by atoms with Crippen LogP contribution in [0.2, 0.25) is 4.34 Å². The molecule has 2 amide bonds. The summed E-state index contributed by atoms with van der Waals surface area (Å²) in [7, 11) is 1.90. The number of nitrogens with zero attached hydrogens (tertiary/aromatic N) is 5. The number of nitrogens with two attached hydrogens (primary N) is 1. The van der Waals surface area contributed by atoms with E-state index in [1.54, 1.807) is 0 Å². The highest BCUT2D eigenvalue weighted by Crippen LogP contribution is 2.40. The van der Waals surface area contributed by atoms with Crippen LogP contribution in [0.1, 0.15) is 12.1 Å². The second-order valence-electron chi connectivity index (χ2n) is 9.77. The molecule has 0 aliphatic carbocycles. The lowest BCUT2D eigenvalue weighted by Crippen LogP contribution is -2.71. The standard InChI is InChI=1S/C26H27ClN8O7S2/c1-29-6-3-8-33-9-5-15-14(33)4-2-7-34(15)10-13-12-43-24-19(23(39)35(24)20(13)25(40)41)30-22(38)18(32-42-11-16(36)37)17-21(27)44-26(28)31-17/h2,4-5,7,9,19,24,29H,3,6,8,10-12H2,1H3,(H4-,28,30,31,36,37,38,40,41)/p+1. The number of carboxylic acids is 2. The van der Waals surface area contributed by atoms with Crippen molar-refractivity contribution in [1.82, 2.24) is 25.1 Å². The van der Waals surface area contributed by atoms with Gasteiger partial charge in [0, 0.05) is 36.2 Å². The first-order valence-corrected chi connectivity index (χ1v) is 15.5. The first-order chi connectivity index (χ1) is 21.1. The second-order valence-corrected chi connectivity index (χ2v) is 12.5. The first kappa shape index (κ1) is 31.2. The highest BCUT2D eigenvalue weighted by Gasteiger charge is 2.55. The number of hydrogen-bond acceptors (Lipinski definition) is 11. The number of amides is 2. The minimum atomic E-state index is -1.33. The van der Waals surface area contributed by atoms with Crippen LogP contribution in [-0.2, 0) is 37.1 Å². The van der Waals surface area contributed by atoms with Gasteiger partial charge in [0.05, 0.1) is 0 Å². The van der Waals surface area contributed by atoms with Gasteiger partial charge in [-0.3, -0.25) is 14.5 Å². The van der Waals surface area contributed by atoms with E-state index in [4.69, 9.17) is 27.3 Å². The molecule has 5 rings (SSSR count). The summed E-state index contributed by atoms with van der Waals surface area (Å²) < 4.78 is 4.10. The highest BCUT2D eigenvalue weighted by atomic mass is 35.5. The van der Waals surface area contributed by atoms with Crippen molar-refractivity contribution in [3.63, 3.8) is 0 Å². The maximum atomic E-state index is 13.3. The number of pyridine rings is 1. The van der Waals surface area contributed by atoms with Gasteiger partial charge in [-0.2, -0.15) is 4.57 Å². The molecule has 232 valence electrons. The largest absolute Gasteiger partial charge is 0.479 e. The number of fused-ring (bicyclic) bond motifs is 2. The fourth-order valence-corrected chi connectivity index (χ4v) is 7.27. The zero-order valence-corrected chi connectivity index (χ0v) is 25.6. The van der Waals surface area contributed by atoms with E-state index in [0.29, 0.717) is 11.3 Å². The summed E-state index contributed by atoms with van der Waals surface area (Å²) in [5.41, 5.74) is 7.42. The number of thioether (sulfide) groups is 1. The van der Waals surface area contributed by atoms with E-state index >= 15 is 0 Å². The Morgan fingerprint density at radius 1 is 1.32 bits per heavy atom. The fourth-order valence-electron chi connectivity index (χ4n) is 5.00. The SMILES string of the molecule is CNCCCn1ccc2c1ccc[n+]2CC1=C(C(=O)O)N2C(=O)C(NC(=O)C(=NOCC(=O)O)c3nc(N)sc3Cl)C2SC1. The predicted molar refractivity (Wildman–Crippen MR) is 162 cm³/mol. The Bertz CT molecular complexity index is 1700. The lowest BCUT2D eigenvalue weighted by atomic mass is 10.0. The topological polar surface area (TPSA) is 205 Å². The number of nitrogen functional groups attached to an aromatic ring is 1. The lowest BCUT2D eigenvalue weighted by Gasteiger charge is -2.49. The van der Waals surface area contributed by atoms with Crippen LogP contribution in [0.15, 0.2) is 47.0 Å². The van der Waals surface area contributed by atoms with Gasteiger partial charge in [0.1, 0.15) is 32.7 Å². The van der Waals surface area contributed by atoms with E-state index in [1.807, 2.05) is 42.2 Å². The number of oxime groups is 1. The Balaban J connectivity index is 1.36. The fraction of sp³-hybridized carbons (Fsp3) is 0.346. The van der Waals surface area contributed by atoms with Gasteiger partial charge in [-0.05, 0) is 26.1 Å². The molecule has 3 aromatic rings. The number of β-lactam (4-membered cyclic amide) rings is 1. The number of halogens is 1. The number of aliphatic carboxylic acids is 2. The summed E-state index contributed by atoms with van der Waals surface area (Å²) in [4.78, 5) is 59.7. The number of hydrogen-bond donors (Lipinski definition) is 5. The molecule has 0 radical (unpaired) electrons. The molecule has 15 nitrogen and oxygen atoms in total. The Labute approximate surface area is 263 Å². The minimum absolute atomic E-state index is 0.00509. The summed E-state index contributed by atoms with van der Waals surface area (Å²) in [5, 5.41) is 27.6. The van der Waals surface area contributed by atoms with Gasteiger partial charge in [-0.1, -0.05) is 28.1 Å². The number of nitrogens with one attached hydrogen (secondary N) is 2. The zero-order valence-electron chi connectivity index (χ0n) is 23.2. The van der Waals surface area contributed by atoms with Crippen LogP contribution < -0.4 is 20.9 Å². The van der Waals surface area contributed by atoms with Crippen LogP contribution >= 0.6 is 34.7 Å². The van der Waals surface area contributed by atoms with E-state index in [2.05, 4.69) is 25.3 Å². The van der Waals surface area contributed by atoms with Crippen LogP contribution in [0, 0.1) is 0 Å². The summed E-state index contributed by atoms with van der Waals surface area (Å²) in [5.74, 6) is -3.84. The Morgan fingerprint density at radius 2 is 2.11 bits per heavy atom. The van der Waals surface area contributed by atoms with Gasteiger partial charge in [0.15, 0.2) is 23.6 Å². The van der Waals surface area contributed by atoms with Crippen molar-refractivity contribution in [1.29, 1.82) is 0 Å². The maximum Gasteiger partial charge on any atom is 0.352 e. The van der Waals surface area contributed by atoms with E-state index in [9.17, 15) is 24.3 Å². The van der Waals surface area contributed by atoms with Crippen molar-refractivity contribution in [2.75, 3.05) is 31.7 Å². The number of aromatic nitrogens is 3. The van der Waals surface area contributed by atoms with Crippen molar-refractivity contribution in [3.05, 3.63) is 51.9 Å². The molecule has 1 fully saturated rings. The molecule has 44 heavy (non-hydrogen) atoms. The molecule has 0 aromatic carbocycles. The molecule has 0 spiro atoms. The Morgan fingerprint density at radius 3 is 2.80 bits per heavy atom. The van der Waals surface area contributed by atoms with E-state index in [1.165, 1.54) is 16.7 Å². The number of thiazole rings is 1. The van der Waals surface area contributed by atoms with Crippen molar-refractivity contribution in [2.45, 2.75) is 30.9 Å². The normalized spacial score (nSPS) is 18.3. The van der Waals surface area contributed by atoms with Crippen molar-refractivity contribution in [3.8, 4) is 0 Å². The Kier molecular flexibility index (Phi) is 9.38. The number of carboxylic acid groups (broad SMARTS) is 2. The van der Waals surface area contributed by atoms with E-state index < -0.39 is 47.5 Å². The smallest absolute Gasteiger partial charge is 0.352 e. The molecule has 6 N–H and O–H groups in total. The molecular weight excluding hydrogens is 636 g/mol. The van der Waals surface area contributed by atoms with Gasteiger partial charge < -0.3 is 36.0 Å². The van der Waals surface area contributed by atoms with Crippen LogP contribution in [0.25, 0.3) is 11.0 Å². The average molecular weight is 664 g/mol. The van der Waals surface area contributed by atoms with Gasteiger partial charge in [0.25, 0.3) is 11.8 Å².